The number of halogens is 1. The Bertz CT molecular complexity index is 1050. The lowest BCUT2D eigenvalue weighted by atomic mass is 10.2. The fourth-order valence-electron chi connectivity index (χ4n) is 2.76. The summed E-state index contributed by atoms with van der Waals surface area (Å²) >= 11 is 3.42. The van der Waals surface area contributed by atoms with Crippen LogP contribution in [0, 0.1) is 0 Å². The van der Waals surface area contributed by atoms with Gasteiger partial charge in [0.2, 0.25) is 0 Å². The standard InChI is InChI=1S/C24H23BrN2O4/c1-3-30-23-12-9-20(25)14-19(23)15-26-27-24(28)18-7-10-21(11-8-18)31-16-17-5-4-6-22(13-17)29-2/h4-15H,3,16H2,1-2H3,(H,27,28). The molecule has 0 aliphatic heterocycles. The summed E-state index contributed by atoms with van der Waals surface area (Å²) < 4.78 is 17.5. The number of methoxy groups -OCH3 is 1. The molecule has 6 nitrogen and oxygen atoms in total. The molecule has 7 heteroatoms. The first-order valence-corrected chi connectivity index (χ1v) is 10.5. The number of benzene rings is 3. The van der Waals surface area contributed by atoms with Gasteiger partial charge in [-0.3, -0.25) is 4.79 Å². The summed E-state index contributed by atoms with van der Waals surface area (Å²) in [5.41, 5.74) is 4.76. The van der Waals surface area contributed by atoms with E-state index in [2.05, 4.69) is 26.5 Å². The molecule has 1 N–H and O–H groups in total. The fourth-order valence-corrected chi connectivity index (χ4v) is 3.14. The molecule has 0 atom stereocenters. The van der Waals surface area contributed by atoms with Crippen LogP contribution in [0.5, 0.6) is 17.2 Å². The van der Waals surface area contributed by atoms with E-state index in [9.17, 15) is 4.79 Å². The van der Waals surface area contributed by atoms with E-state index in [1.807, 2.05) is 49.4 Å². The Hall–Kier alpha value is -3.32. The smallest absolute Gasteiger partial charge is 0.271 e. The molecule has 0 unspecified atom stereocenters. The molecule has 0 fully saturated rings. The Morgan fingerprint density at radius 2 is 1.84 bits per heavy atom. The molecular weight excluding hydrogens is 460 g/mol. The molecule has 0 saturated carbocycles. The second-order valence-electron chi connectivity index (χ2n) is 6.48. The molecule has 0 aromatic heterocycles. The van der Waals surface area contributed by atoms with Gasteiger partial charge in [0.25, 0.3) is 5.91 Å². The Morgan fingerprint density at radius 3 is 2.58 bits per heavy atom. The number of nitrogens with one attached hydrogen (secondary N) is 1. The van der Waals surface area contributed by atoms with Crippen molar-refractivity contribution in [2.75, 3.05) is 13.7 Å². The van der Waals surface area contributed by atoms with Gasteiger partial charge in [0.1, 0.15) is 23.9 Å². The number of amides is 1. The summed E-state index contributed by atoms with van der Waals surface area (Å²) in [5.74, 6) is 1.83. The molecule has 0 spiro atoms. The van der Waals surface area contributed by atoms with E-state index in [1.54, 1.807) is 37.6 Å². The lowest BCUT2D eigenvalue weighted by Crippen LogP contribution is -2.17. The predicted molar refractivity (Wildman–Crippen MR) is 124 cm³/mol. The first-order valence-electron chi connectivity index (χ1n) is 9.70. The number of carbonyl (C=O) groups is 1. The number of hydrogen-bond acceptors (Lipinski definition) is 5. The van der Waals surface area contributed by atoms with E-state index in [0.29, 0.717) is 30.3 Å². The van der Waals surface area contributed by atoms with Gasteiger partial charge in [0.15, 0.2) is 0 Å². The quantitative estimate of drug-likeness (QED) is 0.336. The Balaban J connectivity index is 1.56. The summed E-state index contributed by atoms with van der Waals surface area (Å²) in [5, 5.41) is 4.05. The minimum absolute atomic E-state index is 0.316. The van der Waals surface area contributed by atoms with Crippen LogP contribution in [0.3, 0.4) is 0 Å². The molecular formula is C24H23BrN2O4. The zero-order valence-electron chi connectivity index (χ0n) is 17.3. The molecule has 3 aromatic carbocycles. The molecule has 31 heavy (non-hydrogen) atoms. The number of nitrogens with zero attached hydrogens (tertiary/aromatic N) is 1. The minimum atomic E-state index is -0.316. The number of hydrogen-bond donors (Lipinski definition) is 1. The van der Waals surface area contributed by atoms with Crippen LogP contribution in [-0.2, 0) is 6.61 Å². The van der Waals surface area contributed by atoms with Crippen LogP contribution in [0.2, 0.25) is 0 Å². The van der Waals surface area contributed by atoms with Crippen molar-refractivity contribution < 1.29 is 19.0 Å². The van der Waals surface area contributed by atoms with Crippen molar-refractivity contribution >= 4 is 28.1 Å². The first-order chi connectivity index (χ1) is 15.1. The van der Waals surface area contributed by atoms with Gasteiger partial charge in [-0.1, -0.05) is 28.1 Å². The topological polar surface area (TPSA) is 69.2 Å². The Morgan fingerprint density at radius 1 is 1.03 bits per heavy atom. The van der Waals surface area contributed by atoms with Crippen molar-refractivity contribution in [1.82, 2.24) is 5.43 Å². The maximum atomic E-state index is 12.4. The molecule has 0 aliphatic carbocycles. The SMILES string of the molecule is CCOc1ccc(Br)cc1C=NNC(=O)c1ccc(OCc2cccc(OC)c2)cc1. The van der Waals surface area contributed by atoms with E-state index < -0.39 is 0 Å². The molecule has 0 bridgehead atoms. The largest absolute Gasteiger partial charge is 0.497 e. The Kier molecular flexibility index (Phi) is 8.06. The third kappa shape index (κ3) is 6.58. The highest BCUT2D eigenvalue weighted by molar-refractivity contribution is 9.10. The van der Waals surface area contributed by atoms with E-state index in [0.717, 1.165) is 21.3 Å². The van der Waals surface area contributed by atoms with Crippen molar-refractivity contribution in [3.05, 3.63) is 87.9 Å². The lowest BCUT2D eigenvalue weighted by Gasteiger charge is -2.08. The van der Waals surface area contributed by atoms with E-state index in [1.165, 1.54) is 0 Å². The van der Waals surface area contributed by atoms with Gasteiger partial charge >= 0.3 is 0 Å². The second kappa shape index (κ2) is 11.2. The van der Waals surface area contributed by atoms with Gasteiger partial charge in [0, 0.05) is 15.6 Å². The van der Waals surface area contributed by atoms with Gasteiger partial charge in [0.05, 0.1) is 19.9 Å². The van der Waals surface area contributed by atoms with Crippen LogP contribution in [0.25, 0.3) is 0 Å². The van der Waals surface area contributed by atoms with E-state index in [4.69, 9.17) is 14.2 Å². The van der Waals surface area contributed by atoms with Crippen LogP contribution >= 0.6 is 15.9 Å². The second-order valence-corrected chi connectivity index (χ2v) is 7.39. The molecule has 3 rings (SSSR count). The van der Waals surface area contributed by atoms with Crippen molar-refractivity contribution in [2.45, 2.75) is 13.5 Å². The molecule has 160 valence electrons. The minimum Gasteiger partial charge on any atom is -0.497 e. The normalized spacial score (nSPS) is 10.7. The fraction of sp³-hybridized carbons (Fsp3) is 0.167. The van der Waals surface area contributed by atoms with Crippen molar-refractivity contribution in [1.29, 1.82) is 0 Å². The van der Waals surface area contributed by atoms with E-state index >= 15 is 0 Å². The van der Waals surface area contributed by atoms with Crippen LogP contribution in [-0.4, -0.2) is 25.8 Å². The van der Waals surface area contributed by atoms with Gasteiger partial charge in [-0.2, -0.15) is 5.10 Å². The molecule has 0 aliphatic rings. The molecule has 0 heterocycles. The number of carbonyl (C=O) groups excluding carboxylic acids is 1. The van der Waals surface area contributed by atoms with Crippen LogP contribution in [0.1, 0.15) is 28.4 Å². The van der Waals surface area contributed by atoms with Crippen LogP contribution < -0.4 is 19.6 Å². The number of ether oxygens (including phenoxy) is 3. The number of hydrazone groups is 1. The summed E-state index contributed by atoms with van der Waals surface area (Å²) in [4.78, 5) is 12.4. The summed E-state index contributed by atoms with van der Waals surface area (Å²) in [7, 11) is 1.63. The molecule has 1 amide bonds. The monoisotopic (exact) mass is 482 g/mol. The summed E-state index contributed by atoms with van der Waals surface area (Å²) in [6, 6.07) is 20.2. The zero-order chi connectivity index (χ0) is 22.1. The van der Waals surface area contributed by atoms with Gasteiger partial charge in [-0.05, 0) is 67.1 Å². The third-order valence-corrected chi connectivity index (χ3v) is 4.79. The average Bonchev–Trinajstić information content (AvgIpc) is 2.80. The maximum Gasteiger partial charge on any atom is 0.271 e. The molecule has 3 aromatic rings. The van der Waals surface area contributed by atoms with E-state index in [-0.39, 0.29) is 5.91 Å². The first kappa shape index (κ1) is 22.4. The Labute approximate surface area is 190 Å². The third-order valence-electron chi connectivity index (χ3n) is 4.30. The van der Waals surface area contributed by atoms with Gasteiger partial charge in [-0.25, -0.2) is 5.43 Å². The average molecular weight is 483 g/mol. The maximum absolute atomic E-state index is 12.4. The lowest BCUT2D eigenvalue weighted by molar-refractivity contribution is 0.0955. The van der Waals surface area contributed by atoms with Gasteiger partial charge < -0.3 is 14.2 Å². The van der Waals surface area contributed by atoms with Crippen LogP contribution in [0.15, 0.2) is 76.3 Å². The summed E-state index contributed by atoms with van der Waals surface area (Å²) in [6.07, 6.45) is 1.55. The predicted octanol–water partition coefficient (Wildman–Crippen LogP) is 5.20. The molecule has 0 radical (unpaired) electrons. The number of rotatable bonds is 9. The molecule has 0 saturated heterocycles. The highest BCUT2D eigenvalue weighted by Crippen LogP contribution is 2.22. The highest BCUT2D eigenvalue weighted by Gasteiger charge is 2.06. The van der Waals surface area contributed by atoms with Crippen molar-refractivity contribution in [2.24, 2.45) is 5.10 Å². The summed E-state index contributed by atoms with van der Waals surface area (Å²) in [6.45, 7) is 2.86. The zero-order valence-corrected chi connectivity index (χ0v) is 18.9. The van der Waals surface area contributed by atoms with Crippen molar-refractivity contribution in [3.63, 3.8) is 0 Å². The van der Waals surface area contributed by atoms with Crippen LogP contribution in [0.4, 0.5) is 0 Å². The highest BCUT2D eigenvalue weighted by atomic mass is 79.9. The van der Waals surface area contributed by atoms with Crippen molar-refractivity contribution in [3.8, 4) is 17.2 Å². The van der Waals surface area contributed by atoms with Gasteiger partial charge in [-0.15, -0.1) is 0 Å².